The van der Waals surface area contributed by atoms with Crippen molar-refractivity contribution in [2.75, 3.05) is 0 Å². The van der Waals surface area contributed by atoms with E-state index >= 15 is 0 Å². The van der Waals surface area contributed by atoms with Crippen molar-refractivity contribution in [2.24, 2.45) is 7.05 Å². The summed E-state index contributed by atoms with van der Waals surface area (Å²) in [6.07, 6.45) is 0. The second-order valence-electron chi connectivity index (χ2n) is 4.64. The van der Waals surface area contributed by atoms with E-state index in [4.69, 9.17) is 11.6 Å². The lowest BCUT2D eigenvalue weighted by Gasteiger charge is -2.06. The van der Waals surface area contributed by atoms with E-state index in [1.54, 1.807) is 11.3 Å². The van der Waals surface area contributed by atoms with Crippen LogP contribution >= 0.6 is 22.9 Å². The molecule has 3 rings (SSSR count). The van der Waals surface area contributed by atoms with E-state index in [0.717, 1.165) is 29.2 Å². The maximum atomic E-state index is 6.03. The predicted octanol–water partition coefficient (Wildman–Crippen LogP) is 3.24. The minimum absolute atomic E-state index is 0.415. The number of halogens is 1. The maximum Gasteiger partial charge on any atom is 0.159 e. The van der Waals surface area contributed by atoms with Crippen LogP contribution in [0.3, 0.4) is 0 Å². The van der Waals surface area contributed by atoms with Crippen molar-refractivity contribution in [2.45, 2.75) is 26.3 Å². The SMILES string of the molecule is Cc1ccc(Cn2c(CCl)nc3c(C)nn(C)c32)s1. The normalized spacial score (nSPS) is 11.6. The van der Waals surface area contributed by atoms with E-state index in [1.807, 2.05) is 18.7 Å². The summed E-state index contributed by atoms with van der Waals surface area (Å²) in [5.74, 6) is 1.32. The molecular formula is C13H15ClN4S. The van der Waals surface area contributed by atoms with Crippen LogP contribution in [0.2, 0.25) is 0 Å². The van der Waals surface area contributed by atoms with Crippen LogP contribution in [0.4, 0.5) is 0 Å². The summed E-state index contributed by atoms with van der Waals surface area (Å²) in [5, 5.41) is 4.43. The molecule has 0 aromatic carbocycles. The molecule has 0 aliphatic heterocycles. The van der Waals surface area contributed by atoms with Crippen LogP contribution in [0.5, 0.6) is 0 Å². The van der Waals surface area contributed by atoms with E-state index in [2.05, 4.69) is 33.7 Å². The number of hydrogen-bond donors (Lipinski definition) is 0. The van der Waals surface area contributed by atoms with Crippen LogP contribution in [-0.2, 0) is 19.5 Å². The number of rotatable bonds is 3. The number of fused-ring (bicyclic) bond motifs is 1. The highest BCUT2D eigenvalue weighted by molar-refractivity contribution is 7.11. The van der Waals surface area contributed by atoms with E-state index in [9.17, 15) is 0 Å². The lowest BCUT2D eigenvalue weighted by atomic mass is 10.4. The summed E-state index contributed by atoms with van der Waals surface area (Å²) in [6, 6.07) is 4.30. The number of nitrogens with zero attached hydrogens (tertiary/aromatic N) is 4. The highest BCUT2D eigenvalue weighted by Crippen LogP contribution is 2.23. The van der Waals surface area contributed by atoms with E-state index < -0.39 is 0 Å². The molecule has 0 fully saturated rings. The predicted molar refractivity (Wildman–Crippen MR) is 79.0 cm³/mol. The zero-order valence-electron chi connectivity index (χ0n) is 11.1. The van der Waals surface area contributed by atoms with Crippen molar-refractivity contribution in [3.8, 4) is 0 Å². The van der Waals surface area contributed by atoms with Gasteiger partial charge in [-0.15, -0.1) is 22.9 Å². The molecule has 0 saturated carbocycles. The Bertz CT molecular complexity index is 737. The van der Waals surface area contributed by atoms with Crippen LogP contribution in [0.1, 0.15) is 21.3 Å². The number of aryl methyl sites for hydroxylation is 3. The van der Waals surface area contributed by atoms with Gasteiger partial charge in [-0.2, -0.15) is 5.10 Å². The fraction of sp³-hybridized carbons (Fsp3) is 0.385. The molecule has 19 heavy (non-hydrogen) atoms. The van der Waals surface area contributed by atoms with E-state index in [0.29, 0.717) is 5.88 Å². The van der Waals surface area contributed by atoms with Gasteiger partial charge in [0.2, 0.25) is 0 Å². The second kappa shape index (κ2) is 4.65. The molecule has 6 heteroatoms. The molecule has 3 aromatic rings. The van der Waals surface area contributed by atoms with Gasteiger partial charge in [0, 0.05) is 16.8 Å². The molecule has 0 N–H and O–H groups in total. The van der Waals surface area contributed by atoms with Crippen LogP contribution in [0.25, 0.3) is 11.2 Å². The molecule has 0 radical (unpaired) electrons. The molecule has 0 spiro atoms. The fourth-order valence-electron chi connectivity index (χ4n) is 2.37. The zero-order chi connectivity index (χ0) is 13.6. The lowest BCUT2D eigenvalue weighted by molar-refractivity contribution is 0.706. The number of alkyl halides is 1. The van der Waals surface area contributed by atoms with Gasteiger partial charge in [-0.25, -0.2) is 4.98 Å². The number of imidazole rings is 1. The molecule has 3 heterocycles. The Hall–Kier alpha value is -1.33. The van der Waals surface area contributed by atoms with Gasteiger partial charge in [0.15, 0.2) is 5.65 Å². The number of aromatic nitrogens is 4. The maximum absolute atomic E-state index is 6.03. The topological polar surface area (TPSA) is 35.6 Å². The van der Waals surface area contributed by atoms with Crippen molar-refractivity contribution in [3.05, 3.63) is 33.4 Å². The summed E-state index contributed by atoms with van der Waals surface area (Å²) >= 11 is 7.83. The summed E-state index contributed by atoms with van der Waals surface area (Å²) in [6.45, 7) is 4.90. The Morgan fingerprint density at radius 1 is 1.32 bits per heavy atom. The van der Waals surface area contributed by atoms with Crippen LogP contribution < -0.4 is 0 Å². The van der Waals surface area contributed by atoms with Gasteiger partial charge in [-0.1, -0.05) is 0 Å². The van der Waals surface area contributed by atoms with Gasteiger partial charge in [0.1, 0.15) is 11.3 Å². The zero-order valence-corrected chi connectivity index (χ0v) is 12.7. The summed E-state index contributed by atoms with van der Waals surface area (Å²) in [7, 11) is 1.95. The third kappa shape index (κ3) is 2.07. The molecule has 0 atom stereocenters. The van der Waals surface area contributed by atoms with Gasteiger partial charge in [-0.05, 0) is 26.0 Å². The Labute approximate surface area is 120 Å². The average Bonchev–Trinajstić information content (AvgIpc) is 3.00. The highest BCUT2D eigenvalue weighted by Gasteiger charge is 2.17. The minimum atomic E-state index is 0.415. The number of hydrogen-bond acceptors (Lipinski definition) is 3. The molecule has 100 valence electrons. The van der Waals surface area contributed by atoms with Crippen LogP contribution in [0.15, 0.2) is 12.1 Å². The second-order valence-corrected chi connectivity index (χ2v) is 6.28. The molecule has 0 amide bonds. The smallest absolute Gasteiger partial charge is 0.159 e. The first-order valence-corrected chi connectivity index (χ1v) is 7.45. The van der Waals surface area contributed by atoms with E-state index in [-0.39, 0.29) is 0 Å². The lowest BCUT2D eigenvalue weighted by Crippen LogP contribution is -2.06. The van der Waals surface area contributed by atoms with Crippen molar-refractivity contribution in [3.63, 3.8) is 0 Å². The Morgan fingerprint density at radius 3 is 2.74 bits per heavy atom. The number of thiophene rings is 1. The first-order valence-electron chi connectivity index (χ1n) is 6.10. The van der Waals surface area contributed by atoms with Gasteiger partial charge in [0.25, 0.3) is 0 Å². The summed E-state index contributed by atoms with van der Waals surface area (Å²) in [4.78, 5) is 7.23. The Kier molecular flexibility index (Phi) is 3.11. The van der Waals surface area contributed by atoms with Crippen LogP contribution in [-0.4, -0.2) is 19.3 Å². The van der Waals surface area contributed by atoms with Gasteiger partial charge in [0.05, 0.1) is 18.1 Å². The first kappa shape index (κ1) is 12.7. The summed E-state index contributed by atoms with van der Waals surface area (Å²) in [5.41, 5.74) is 2.94. The van der Waals surface area contributed by atoms with Crippen molar-refractivity contribution >= 4 is 34.1 Å². The molecule has 0 unspecified atom stereocenters. The van der Waals surface area contributed by atoms with Crippen molar-refractivity contribution in [1.29, 1.82) is 0 Å². The third-order valence-corrected chi connectivity index (χ3v) is 4.42. The molecule has 0 aliphatic rings. The molecule has 4 nitrogen and oxygen atoms in total. The summed E-state index contributed by atoms with van der Waals surface area (Å²) < 4.78 is 4.04. The average molecular weight is 295 g/mol. The minimum Gasteiger partial charge on any atom is -0.307 e. The Balaban J connectivity index is 2.15. The molecule has 3 aromatic heterocycles. The molecular weight excluding hydrogens is 280 g/mol. The monoisotopic (exact) mass is 294 g/mol. The molecule has 0 saturated heterocycles. The molecule has 0 bridgehead atoms. The molecule has 0 aliphatic carbocycles. The quantitative estimate of drug-likeness (QED) is 0.695. The van der Waals surface area contributed by atoms with Gasteiger partial charge < -0.3 is 4.57 Å². The standard InChI is InChI=1S/C13H15ClN4S/c1-8-4-5-10(19-8)7-18-11(6-14)15-12-9(2)16-17(3)13(12)18/h4-5H,6-7H2,1-3H3. The third-order valence-electron chi connectivity index (χ3n) is 3.20. The van der Waals surface area contributed by atoms with Crippen LogP contribution in [0, 0.1) is 13.8 Å². The van der Waals surface area contributed by atoms with Gasteiger partial charge in [-0.3, -0.25) is 4.68 Å². The highest BCUT2D eigenvalue weighted by atomic mass is 35.5. The Morgan fingerprint density at radius 2 is 2.11 bits per heavy atom. The fourth-order valence-corrected chi connectivity index (χ4v) is 3.46. The van der Waals surface area contributed by atoms with Crippen molar-refractivity contribution in [1.82, 2.24) is 19.3 Å². The van der Waals surface area contributed by atoms with Gasteiger partial charge >= 0.3 is 0 Å². The van der Waals surface area contributed by atoms with E-state index in [1.165, 1.54) is 9.75 Å². The first-order chi connectivity index (χ1) is 9.10. The largest absolute Gasteiger partial charge is 0.307 e. The van der Waals surface area contributed by atoms with Crippen molar-refractivity contribution < 1.29 is 0 Å².